The summed E-state index contributed by atoms with van der Waals surface area (Å²) in [6.07, 6.45) is 5.28. The van der Waals surface area contributed by atoms with E-state index in [9.17, 15) is 9.18 Å². The Morgan fingerprint density at radius 2 is 2.00 bits per heavy atom. The summed E-state index contributed by atoms with van der Waals surface area (Å²) in [7, 11) is 1.44. The highest BCUT2D eigenvalue weighted by atomic mass is 19.1. The number of hydrogen-bond acceptors (Lipinski definition) is 3. The minimum absolute atomic E-state index is 0.0330. The second-order valence-electron chi connectivity index (χ2n) is 7.32. The van der Waals surface area contributed by atoms with Gasteiger partial charge in [-0.05, 0) is 62.1 Å². The first-order valence-corrected chi connectivity index (χ1v) is 8.89. The topological polar surface area (TPSA) is 64.3 Å². The molecule has 1 aromatic carbocycles. The summed E-state index contributed by atoms with van der Waals surface area (Å²) in [6, 6.07) is 4.84. The van der Waals surface area contributed by atoms with E-state index in [0.29, 0.717) is 11.8 Å². The van der Waals surface area contributed by atoms with Crippen LogP contribution in [0.3, 0.4) is 0 Å². The molecular weight excluding hydrogens is 307 g/mol. The first kappa shape index (κ1) is 17.2. The summed E-state index contributed by atoms with van der Waals surface area (Å²) in [6.45, 7) is 1.88. The molecule has 2 saturated carbocycles. The predicted octanol–water partition coefficient (Wildman–Crippen LogP) is 3.17. The molecule has 1 amide bonds. The van der Waals surface area contributed by atoms with Crippen LogP contribution in [0.2, 0.25) is 0 Å². The van der Waals surface area contributed by atoms with Gasteiger partial charge in [0.05, 0.1) is 13.2 Å². The van der Waals surface area contributed by atoms with Crippen LogP contribution in [0.5, 0.6) is 5.75 Å². The number of carbonyl (C=O) groups is 1. The first-order valence-electron chi connectivity index (χ1n) is 8.89. The van der Waals surface area contributed by atoms with Crippen LogP contribution in [0.4, 0.5) is 4.39 Å². The molecule has 3 N–H and O–H groups in total. The van der Waals surface area contributed by atoms with Gasteiger partial charge in [-0.3, -0.25) is 4.79 Å². The van der Waals surface area contributed by atoms with Gasteiger partial charge in [-0.1, -0.05) is 12.5 Å². The van der Waals surface area contributed by atoms with Crippen molar-refractivity contribution in [2.75, 3.05) is 7.11 Å². The summed E-state index contributed by atoms with van der Waals surface area (Å²) in [5, 5.41) is 3.05. The Bertz CT molecular complexity index is 593. The average molecular weight is 334 g/mol. The maximum Gasteiger partial charge on any atom is 0.223 e. The van der Waals surface area contributed by atoms with Crippen molar-refractivity contribution in [1.82, 2.24) is 5.32 Å². The van der Waals surface area contributed by atoms with E-state index in [0.717, 1.165) is 31.2 Å². The molecule has 0 aromatic heterocycles. The SMILES string of the molecule is COc1ccc(C(C)NC(=O)C2CC3CCCC(C2)C3N)cc1F. The Morgan fingerprint density at radius 3 is 2.58 bits per heavy atom. The van der Waals surface area contributed by atoms with Gasteiger partial charge in [0, 0.05) is 12.0 Å². The summed E-state index contributed by atoms with van der Waals surface area (Å²) in [5.41, 5.74) is 7.04. The largest absolute Gasteiger partial charge is 0.494 e. The molecule has 3 atom stereocenters. The number of methoxy groups -OCH3 is 1. The Hall–Kier alpha value is -1.62. The number of nitrogens with one attached hydrogen (secondary N) is 1. The lowest BCUT2D eigenvalue weighted by molar-refractivity contribution is -0.128. The number of ether oxygens (including phenoxy) is 1. The van der Waals surface area contributed by atoms with Gasteiger partial charge in [0.2, 0.25) is 5.91 Å². The lowest BCUT2D eigenvalue weighted by atomic mass is 9.65. The molecular formula is C19H27FN2O2. The molecule has 0 spiro atoms. The molecule has 2 aliphatic carbocycles. The van der Waals surface area contributed by atoms with Gasteiger partial charge >= 0.3 is 0 Å². The number of halogens is 1. The van der Waals surface area contributed by atoms with Crippen molar-refractivity contribution >= 4 is 5.91 Å². The van der Waals surface area contributed by atoms with Crippen molar-refractivity contribution < 1.29 is 13.9 Å². The van der Waals surface area contributed by atoms with Gasteiger partial charge < -0.3 is 15.8 Å². The van der Waals surface area contributed by atoms with Crippen molar-refractivity contribution in [3.63, 3.8) is 0 Å². The fraction of sp³-hybridized carbons (Fsp3) is 0.632. The molecule has 1 aromatic rings. The molecule has 0 radical (unpaired) electrons. The van der Waals surface area contributed by atoms with Crippen LogP contribution in [-0.4, -0.2) is 19.1 Å². The van der Waals surface area contributed by atoms with Crippen LogP contribution < -0.4 is 15.8 Å². The second-order valence-corrected chi connectivity index (χ2v) is 7.32. The summed E-state index contributed by atoms with van der Waals surface area (Å²) < 4.78 is 18.8. The number of amides is 1. The molecule has 132 valence electrons. The lowest BCUT2D eigenvalue weighted by Gasteiger charge is -2.43. The Labute approximate surface area is 142 Å². The molecule has 3 rings (SSSR count). The number of fused-ring (bicyclic) bond motifs is 2. The number of rotatable bonds is 4. The fourth-order valence-corrected chi connectivity index (χ4v) is 4.37. The zero-order valence-electron chi connectivity index (χ0n) is 14.4. The van der Waals surface area contributed by atoms with Gasteiger partial charge in [-0.25, -0.2) is 4.39 Å². The molecule has 2 aliphatic rings. The normalized spacial score (nSPS) is 30.5. The van der Waals surface area contributed by atoms with Gasteiger partial charge in [0.25, 0.3) is 0 Å². The molecule has 0 saturated heterocycles. The average Bonchev–Trinajstić information content (AvgIpc) is 2.54. The zero-order valence-corrected chi connectivity index (χ0v) is 14.4. The van der Waals surface area contributed by atoms with Crippen molar-refractivity contribution in [1.29, 1.82) is 0 Å². The summed E-state index contributed by atoms with van der Waals surface area (Å²) >= 11 is 0. The van der Waals surface area contributed by atoms with E-state index in [4.69, 9.17) is 10.5 Å². The van der Waals surface area contributed by atoms with E-state index >= 15 is 0 Å². The van der Waals surface area contributed by atoms with E-state index in [-0.39, 0.29) is 29.7 Å². The van der Waals surface area contributed by atoms with E-state index in [1.54, 1.807) is 12.1 Å². The van der Waals surface area contributed by atoms with E-state index in [1.807, 2.05) is 6.92 Å². The third kappa shape index (κ3) is 3.41. The number of carbonyl (C=O) groups excluding carboxylic acids is 1. The standard InChI is InChI=1S/C19H27FN2O2/c1-11(12-6-7-17(24-2)16(20)10-12)22-19(23)15-8-13-4-3-5-14(9-15)18(13)21/h6-7,10-11,13-15,18H,3-5,8-9,21H2,1-2H3,(H,22,23). The van der Waals surface area contributed by atoms with E-state index < -0.39 is 5.82 Å². The van der Waals surface area contributed by atoms with Gasteiger partial charge in [0.15, 0.2) is 11.6 Å². The van der Waals surface area contributed by atoms with Crippen LogP contribution in [-0.2, 0) is 4.79 Å². The third-order valence-corrected chi connectivity index (χ3v) is 5.82. The number of nitrogens with two attached hydrogens (primary N) is 1. The fourth-order valence-electron chi connectivity index (χ4n) is 4.37. The molecule has 2 fully saturated rings. The molecule has 0 aliphatic heterocycles. The maximum absolute atomic E-state index is 13.9. The highest BCUT2D eigenvalue weighted by molar-refractivity contribution is 5.79. The highest BCUT2D eigenvalue weighted by Gasteiger charge is 2.40. The second kappa shape index (κ2) is 7.09. The molecule has 3 unspecified atom stereocenters. The lowest BCUT2D eigenvalue weighted by Crippen LogP contribution is -2.49. The molecule has 4 nitrogen and oxygen atoms in total. The Morgan fingerprint density at radius 1 is 1.33 bits per heavy atom. The van der Waals surface area contributed by atoms with E-state index in [2.05, 4.69) is 5.32 Å². The van der Waals surface area contributed by atoms with Crippen molar-refractivity contribution in [2.24, 2.45) is 23.5 Å². The van der Waals surface area contributed by atoms with Crippen molar-refractivity contribution in [3.05, 3.63) is 29.6 Å². The summed E-state index contributed by atoms with van der Waals surface area (Å²) in [4.78, 5) is 12.7. The van der Waals surface area contributed by atoms with Crippen LogP contribution in [0, 0.1) is 23.6 Å². The number of hydrogen-bond donors (Lipinski definition) is 2. The van der Waals surface area contributed by atoms with Crippen molar-refractivity contribution in [3.8, 4) is 5.75 Å². The minimum Gasteiger partial charge on any atom is -0.494 e. The van der Waals surface area contributed by atoms with E-state index in [1.165, 1.54) is 19.6 Å². The summed E-state index contributed by atoms with van der Waals surface area (Å²) in [5.74, 6) is 0.859. The number of benzene rings is 1. The smallest absolute Gasteiger partial charge is 0.223 e. The Balaban J connectivity index is 1.63. The van der Waals surface area contributed by atoms with Gasteiger partial charge in [-0.15, -0.1) is 0 Å². The highest BCUT2D eigenvalue weighted by Crippen LogP contribution is 2.42. The zero-order chi connectivity index (χ0) is 17.3. The monoisotopic (exact) mass is 334 g/mol. The molecule has 0 heterocycles. The third-order valence-electron chi connectivity index (χ3n) is 5.82. The van der Waals surface area contributed by atoms with Gasteiger partial charge in [0.1, 0.15) is 0 Å². The molecule has 24 heavy (non-hydrogen) atoms. The maximum atomic E-state index is 13.9. The van der Waals surface area contributed by atoms with Crippen LogP contribution in [0.15, 0.2) is 18.2 Å². The quantitative estimate of drug-likeness (QED) is 0.889. The molecule has 2 bridgehead atoms. The Kier molecular flexibility index (Phi) is 5.09. The molecule has 5 heteroatoms. The predicted molar refractivity (Wildman–Crippen MR) is 91.0 cm³/mol. The van der Waals surface area contributed by atoms with Gasteiger partial charge in [-0.2, -0.15) is 0 Å². The van der Waals surface area contributed by atoms with Crippen LogP contribution in [0.1, 0.15) is 50.6 Å². The minimum atomic E-state index is -0.408. The first-order chi connectivity index (χ1) is 11.5. The van der Waals surface area contributed by atoms with Crippen molar-refractivity contribution in [2.45, 2.75) is 51.1 Å². The van der Waals surface area contributed by atoms with Crippen LogP contribution in [0.25, 0.3) is 0 Å². The van der Waals surface area contributed by atoms with Crippen LogP contribution >= 0.6 is 0 Å².